The number of carbonyl (C=O) groups is 1. The number of anilines is 1. The van der Waals surface area contributed by atoms with E-state index in [1.54, 1.807) is 6.07 Å². The Balaban J connectivity index is 2.05. The monoisotopic (exact) mass is 218 g/mol. The summed E-state index contributed by atoms with van der Waals surface area (Å²) in [5.74, 6) is -0.334. The van der Waals surface area contributed by atoms with Gasteiger partial charge in [-0.25, -0.2) is 14.3 Å². The van der Waals surface area contributed by atoms with Crippen molar-refractivity contribution in [2.45, 2.75) is 18.9 Å². The second kappa shape index (κ2) is 3.19. The first kappa shape index (κ1) is 9.14. The van der Waals surface area contributed by atoms with Crippen molar-refractivity contribution in [3.63, 3.8) is 0 Å². The molecule has 2 heterocycles. The Morgan fingerprint density at radius 1 is 1.50 bits per heavy atom. The SMILES string of the molecule is O=C(O)c1cnc2ccc(NC3CC3)nn12. The van der Waals surface area contributed by atoms with Crippen LogP contribution < -0.4 is 5.32 Å². The van der Waals surface area contributed by atoms with Gasteiger partial charge in [0.05, 0.1) is 6.20 Å². The van der Waals surface area contributed by atoms with E-state index in [2.05, 4.69) is 15.4 Å². The highest BCUT2D eigenvalue weighted by Gasteiger charge is 2.21. The maximum absolute atomic E-state index is 10.9. The van der Waals surface area contributed by atoms with Crippen molar-refractivity contribution < 1.29 is 9.90 Å². The van der Waals surface area contributed by atoms with Crippen LogP contribution >= 0.6 is 0 Å². The molecule has 0 radical (unpaired) electrons. The molecule has 0 amide bonds. The van der Waals surface area contributed by atoms with E-state index in [-0.39, 0.29) is 5.69 Å². The number of aromatic nitrogens is 3. The number of aromatic carboxylic acids is 1. The number of nitrogens with one attached hydrogen (secondary N) is 1. The minimum absolute atomic E-state index is 0.0782. The second-order valence-electron chi connectivity index (χ2n) is 3.86. The molecule has 1 fully saturated rings. The summed E-state index contributed by atoms with van der Waals surface area (Å²) in [7, 11) is 0. The lowest BCUT2D eigenvalue weighted by Gasteiger charge is -2.03. The molecular weight excluding hydrogens is 208 g/mol. The summed E-state index contributed by atoms with van der Waals surface area (Å²) >= 11 is 0. The number of fused-ring (bicyclic) bond motifs is 1. The molecule has 0 atom stereocenters. The molecule has 2 N–H and O–H groups in total. The van der Waals surface area contributed by atoms with E-state index >= 15 is 0 Å². The van der Waals surface area contributed by atoms with Crippen molar-refractivity contribution in [3.8, 4) is 0 Å². The summed E-state index contributed by atoms with van der Waals surface area (Å²) in [6.45, 7) is 0. The maximum atomic E-state index is 10.9. The van der Waals surface area contributed by atoms with Crippen LogP contribution in [0.3, 0.4) is 0 Å². The van der Waals surface area contributed by atoms with E-state index in [4.69, 9.17) is 5.11 Å². The van der Waals surface area contributed by atoms with Crippen LogP contribution in [0.25, 0.3) is 5.65 Å². The Kier molecular flexibility index (Phi) is 1.82. The third kappa shape index (κ3) is 1.48. The average molecular weight is 218 g/mol. The molecule has 6 nitrogen and oxygen atoms in total. The first-order valence-corrected chi connectivity index (χ1v) is 5.08. The third-order valence-corrected chi connectivity index (χ3v) is 2.51. The molecule has 0 aliphatic heterocycles. The van der Waals surface area contributed by atoms with Crippen molar-refractivity contribution in [1.82, 2.24) is 14.6 Å². The summed E-state index contributed by atoms with van der Waals surface area (Å²) in [5, 5.41) is 16.3. The molecule has 1 aliphatic rings. The van der Waals surface area contributed by atoms with E-state index in [0.717, 1.165) is 12.8 Å². The van der Waals surface area contributed by atoms with Crippen molar-refractivity contribution >= 4 is 17.4 Å². The Morgan fingerprint density at radius 2 is 2.31 bits per heavy atom. The lowest BCUT2D eigenvalue weighted by atomic mass is 10.5. The number of hydrogen-bond acceptors (Lipinski definition) is 4. The van der Waals surface area contributed by atoms with E-state index in [1.165, 1.54) is 10.7 Å². The van der Waals surface area contributed by atoms with Gasteiger partial charge in [-0.3, -0.25) is 0 Å². The molecule has 16 heavy (non-hydrogen) atoms. The number of hydrogen-bond donors (Lipinski definition) is 2. The fourth-order valence-electron chi connectivity index (χ4n) is 1.53. The fourth-order valence-corrected chi connectivity index (χ4v) is 1.53. The molecule has 2 aromatic rings. The summed E-state index contributed by atoms with van der Waals surface area (Å²) in [6, 6.07) is 4.05. The van der Waals surface area contributed by atoms with Crippen LogP contribution in [-0.2, 0) is 0 Å². The minimum Gasteiger partial charge on any atom is -0.476 e. The van der Waals surface area contributed by atoms with Gasteiger partial charge < -0.3 is 10.4 Å². The van der Waals surface area contributed by atoms with E-state index in [0.29, 0.717) is 17.5 Å². The van der Waals surface area contributed by atoms with Crippen LogP contribution in [-0.4, -0.2) is 31.7 Å². The third-order valence-electron chi connectivity index (χ3n) is 2.51. The number of carboxylic acid groups (broad SMARTS) is 1. The first-order valence-electron chi connectivity index (χ1n) is 5.08. The van der Waals surface area contributed by atoms with Crippen LogP contribution in [0.15, 0.2) is 18.3 Å². The Bertz CT molecular complexity index is 559. The number of nitrogens with zero attached hydrogens (tertiary/aromatic N) is 3. The van der Waals surface area contributed by atoms with Gasteiger partial charge in [-0.15, -0.1) is 5.10 Å². The number of carboxylic acids is 1. The molecule has 3 rings (SSSR count). The smallest absolute Gasteiger partial charge is 0.356 e. The molecule has 1 aliphatic carbocycles. The Hall–Kier alpha value is -2.11. The largest absolute Gasteiger partial charge is 0.476 e. The van der Waals surface area contributed by atoms with Gasteiger partial charge in [0.2, 0.25) is 0 Å². The fraction of sp³-hybridized carbons (Fsp3) is 0.300. The normalized spacial score (nSPS) is 15.2. The van der Waals surface area contributed by atoms with Crippen LogP contribution in [0, 0.1) is 0 Å². The van der Waals surface area contributed by atoms with E-state index in [1.807, 2.05) is 6.07 Å². The van der Waals surface area contributed by atoms with Crippen molar-refractivity contribution in [1.29, 1.82) is 0 Å². The zero-order chi connectivity index (χ0) is 11.1. The van der Waals surface area contributed by atoms with Crippen molar-refractivity contribution in [2.75, 3.05) is 5.32 Å². The summed E-state index contributed by atoms with van der Waals surface area (Å²) in [6.07, 6.45) is 3.61. The van der Waals surface area contributed by atoms with Crippen molar-refractivity contribution in [2.24, 2.45) is 0 Å². The second-order valence-corrected chi connectivity index (χ2v) is 3.86. The lowest BCUT2D eigenvalue weighted by molar-refractivity contribution is 0.0688. The predicted molar refractivity (Wildman–Crippen MR) is 56.6 cm³/mol. The van der Waals surface area contributed by atoms with Gasteiger partial charge in [-0.2, -0.15) is 0 Å². The molecule has 0 aromatic carbocycles. The number of rotatable bonds is 3. The van der Waals surface area contributed by atoms with Gasteiger partial charge in [-0.05, 0) is 25.0 Å². The molecule has 2 aromatic heterocycles. The molecule has 0 saturated heterocycles. The average Bonchev–Trinajstić information content (AvgIpc) is 2.96. The van der Waals surface area contributed by atoms with Crippen LogP contribution in [0.1, 0.15) is 23.3 Å². The zero-order valence-corrected chi connectivity index (χ0v) is 8.42. The minimum atomic E-state index is -1.02. The van der Waals surface area contributed by atoms with Gasteiger partial charge >= 0.3 is 5.97 Å². The molecule has 6 heteroatoms. The Labute approximate surface area is 90.9 Å². The van der Waals surface area contributed by atoms with E-state index in [9.17, 15) is 4.79 Å². The summed E-state index contributed by atoms with van der Waals surface area (Å²) < 4.78 is 1.34. The lowest BCUT2D eigenvalue weighted by Crippen LogP contribution is -2.09. The van der Waals surface area contributed by atoms with Gasteiger partial charge in [0.15, 0.2) is 11.3 Å². The summed E-state index contributed by atoms with van der Waals surface area (Å²) in [5.41, 5.74) is 0.619. The van der Waals surface area contributed by atoms with Crippen LogP contribution in [0.4, 0.5) is 5.82 Å². The van der Waals surface area contributed by atoms with Crippen LogP contribution in [0.5, 0.6) is 0 Å². The standard InChI is InChI=1S/C10H10N4O2/c15-10(16)7-5-11-9-4-3-8(13-14(7)9)12-6-1-2-6/h3-6H,1-2H2,(H,12,13)(H,15,16). The molecule has 82 valence electrons. The zero-order valence-electron chi connectivity index (χ0n) is 8.42. The Morgan fingerprint density at radius 3 is 3.00 bits per heavy atom. The predicted octanol–water partition coefficient (Wildman–Crippen LogP) is 1.00. The summed E-state index contributed by atoms with van der Waals surface area (Å²) in [4.78, 5) is 14.9. The highest BCUT2D eigenvalue weighted by atomic mass is 16.4. The van der Waals surface area contributed by atoms with Crippen LogP contribution in [0.2, 0.25) is 0 Å². The highest BCUT2D eigenvalue weighted by molar-refractivity contribution is 5.86. The molecule has 0 bridgehead atoms. The molecule has 0 unspecified atom stereocenters. The highest BCUT2D eigenvalue weighted by Crippen LogP contribution is 2.23. The van der Waals surface area contributed by atoms with Gasteiger partial charge in [0.1, 0.15) is 5.82 Å². The van der Waals surface area contributed by atoms with Gasteiger partial charge in [-0.1, -0.05) is 0 Å². The molecule has 0 spiro atoms. The topological polar surface area (TPSA) is 79.5 Å². The molecule has 1 saturated carbocycles. The maximum Gasteiger partial charge on any atom is 0.356 e. The first-order chi connectivity index (χ1) is 7.74. The molecular formula is C10H10N4O2. The van der Waals surface area contributed by atoms with Crippen molar-refractivity contribution in [3.05, 3.63) is 24.0 Å². The number of imidazole rings is 1. The van der Waals surface area contributed by atoms with Gasteiger partial charge in [0.25, 0.3) is 0 Å². The van der Waals surface area contributed by atoms with E-state index < -0.39 is 5.97 Å². The quantitative estimate of drug-likeness (QED) is 0.803. The van der Waals surface area contributed by atoms with Gasteiger partial charge in [0, 0.05) is 6.04 Å².